The zero-order valence-electron chi connectivity index (χ0n) is 13.6. The van der Waals surface area contributed by atoms with E-state index in [0.29, 0.717) is 15.9 Å². The lowest BCUT2D eigenvalue weighted by Crippen LogP contribution is -2.14. The van der Waals surface area contributed by atoms with Crippen LogP contribution < -0.4 is 5.32 Å². The standard InChI is InChI=1S/C15H13N7OS3/c1-2-24-15-22-21-14(26-15)17-10(23)7-25-13-18-12-11(19-20-13)8-5-3-4-6-9(8)16-12/h3-6H,2,7H2,1H3,(H,16,18,20)(H,17,21,23). The van der Waals surface area contributed by atoms with E-state index >= 15 is 0 Å². The third-order valence-corrected chi connectivity index (χ3v) is 6.05. The second-order valence-corrected chi connectivity index (χ2v) is 8.54. The maximum absolute atomic E-state index is 12.1. The number of nitrogens with zero attached hydrogens (tertiary/aromatic N) is 5. The molecule has 0 radical (unpaired) electrons. The summed E-state index contributed by atoms with van der Waals surface area (Å²) >= 11 is 4.18. The second-order valence-electron chi connectivity index (χ2n) is 5.11. The fourth-order valence-electron chi connectivity index (χ4n) is 2.29. The van der Waals surface area contributed by atoms with Crippen LogP contribution in [0.3, 0.4) is 0 Å². The summed E-state index contributed by atoms with van der Waals surface area (Å²) in [7, 11) is 0. The number of anilines is 1. The van der Waals surface area contributed by atoms with Crippen LogP contribution >= 0.6 is 34.9 Å². The number of amides is 1. The lowest BCUT2D eigenvalue weighted by molar-refractivity contribution is -0.113. The number of aromatic nitrogens is 6. The topological polar surface area (TPSA) is 109 Å². The van der Waals surface area contributed by atoms with Gasteiger partial charge in [0.1, 0.15) is 5.52 Å². The maximum Gasteiger partial charge on any atom is 0.236 e. The Kier molecular flexibility index (Phi) is 5.00. The molecular formula is C15H13N7OS3. The Balaban J connectivity index is 1.42. The lowest BCUT2D eigenvalue weighted by atomic mass is 10.2. The molecule has 0 aliphatic rings. The Morgan fingerprint density at radius 1 is 1.19 bits per heavy atom. The second kappa shape index (κ2) is 7.56. The van der Waals surface area contributed by atoms with E-state index in [1.54, 1.807) is 11.8 Å². The van der Waals surface area contributed by atoms with Crippen LogP contribution in [0.4, 0.5) is 5.13 Å². The minimum atomic E-state index is -0.181. The van der Waals surface area contributed by atoms with Gasteiger partial charge in [0.05, 0.1) is 5.75 Å². The van der Waals surface area contributed by atoms with Crippen molar-refractivity contribution in [2.45, 2.75) is 16.4 Å². The summed E-state index contributed by atoms with van der Waals surface area (Å²) in [6, 6.07) is 7.83. The molecule has 0 spiro atoms. The van der Waals surface area contributed by atoms with Gasteiger partial charge in [-0.1, -0.05) is 60.0 Å². The number of fused-ring (bicyclic) bond motifs is 3. The molecule has 3 aromatic heterocycles. The summed E-state index contributed by atoms with van der Waals surface area (Å²) in [5.74, 6) is 0.905. The van der Waals surface area contributed by atoms with Crippen LogP contribution in [0.15, 0.2) is 33.8 Å². The Morgan fingerprint density at radius 2 is 2.08 bits per heavy atom. The first-order valence-corrected chi connectivity index (χ1v) is 10.5. The Bertz CT molecular complexity index is 1080. The van der Waals surface area contributed by atoms with Gasteiger partial charge < -0.3 is 4.98 Å². The van der Waals surface area contributed by atoms with Gasteiger partial charge in [0, 0.05) is 10.9 Å². The predicted octanol–water partition coefficient (Wildman–Crippen LogP) is 3.20. The van der Waals surface area contributed by atoms with E-state index in [0.717, 1.165) is 26.5 Å². The molecule has 8 nitrogen and oxygen atoms in total. The van der Waals surface area contributed by atoms with Crippen LogP contribution in [0.5, 0.6) is 0 Å². The summed E-state index contributed by atoms with van der Waals surface area (Å²) in [5.41, 5.74) is 2.35. The van der Waals surface area contributed by atoms with Crippen LogP contribution in [0.1, 0.15) is 6.92 Å². The fraction of sp³-hybridized carbons (Fsp3) is 0.200. The maximum atomic E-state index is 12.1. The average Bonchev–Trinajstić information content (AvgIpc) is 3.23. The van der Waals surface area contributed by atoms with E-state index in [9.17, 15) is 4.79 Å². The van der Waals surface area contributed by atoms with E-state index in [4.69, 9.17) is 0 Å². The molecule has 1 amide bonds. The first-order valence-electron chi connectivity index (χ1n) is 7.73. The number of benzene rings is 1. The molecule has 0 atom stereocenters. The Hall–Kier alpha value is -2.24. The molecule has 1 aromatic carbocycles. The molecule has 0 saturated heterocycles. The lowest BCUT2D eigenvalue weighted by Gasteiger charge is -2.00. The fourth-order valence-corrected chi connectivity index (χ4v) is 4.55. The number of thioether (sulfide) groups is 2. The number of para-hydroxylation sites is 1. The summed E-state index contributed by atoms with van der Waals surface area (Å²) in [5, 5.41) is 21.0. The zero-order valence-corrected chi connectivity index (χ0v) is 16.0. The third kappa shape index (κ3) is 3.64. The van der Waals surface area contributed by atoms with Crippen molar-refractivity contribution in [3.63, 3.8) is 0 Å². The zero-order chi connectivity index (χ0) is 17.9. The van der Waals surface area contributed by atoms with Crippen LogP contribution in [-0.4, -0.2) is 47.8 Å². The van der Waals surface area contributed by atoms with Crippen molar-refractivity contribution < 1.29 is 4.79 Å². The number of carbonyl (C=O) groups excluding carboxylic acids is 1. The van der Waals surface area contributed by atoms with Gasteiger partial charge in [-0.25, -0.2) is 4.98 Å². The molecule has 0 unspecified atom stereocenters. The van der Waals surface area contributed by atoms with Crippen molar-refractivity contribution in [3.8, 4) is 0 Å². The Labute approximate surface area is 160 Å². The van der Waals surface area contributed by atoms with Crippen molar-refractivity contribution in [1.82, 2.24) is 30.4 Å². The molecule has 0 bridgehead atoms. The molecule has 11 heteroatoms. The molecule has 4 aromatic rings. The van der Waals surface area contributed by atoms with E-state index in [-0.39, 0.29) is 11.7 Å². The van der Waals surface area contributed by atoms with E-state index in [2.05, 4.69) is 35.7 Å². The molecule has 0 aliphatic carbocycles. The normalized spacial score (nSPS) is 11.3. The quantitative estimate of drug-likeness (QED) is 0.373. The first kappa shape index (κ1) is 17.2. The minimum absolute atomic E-state index is 0.170. The number of rotatable bonds is 6. The molecule has 0 fully saturated rings. The van der Waals surface area contributed by atoms with Crippen LogP contribution in [0.25, 0.3) is 22.1 Å². The minimum Gasteiger partial charge on any atom is -0.338 e. The average molecular weight is 404 g/mol. The number of carbonyl (C=O) groups is 1. The molecule has 0 saturated carbocycles. The highest BCUT2D eigenvalue weighted by molar-refractivity contribution is 8.01. The van der Waals surface area contributed by atoms with Gasteiger partial charge in [-0.05, 0) is 11.8 Å². The third-order valence-electron chi connectivity index (χ3n) is 3.36. The molecular weight excluding hydrogens is 390 g/mol. The van der Waals surface area contributed by atoms with Gasteiger partial charge in [-0.2, -0.15) is 0 Å². The highest BCUT2D eigenvalue weighted by Gasteiger charge is 2.12. The van der Waals surface area contributed by atoms with Crippen LogP contribution in [-0.2, 0) is 4.79 Å². The van der Waals surface area contributed by atoms with Crippen LogP contribution in [0.2, 0.25) is 0 Å². The summed E-state index contributed by atoms with van der Waals surface area (Å²) < 4.78 is 0.840. The molecule has 4 rings (SSSR count). The highest BCUT2D eigenvalue weighted by atomic mass is 32.2. The van der Waals surface area contributed by atoms with Gasteiger partial charge in [0.25, 0.3) is 0 Å². The van der Waals surface area contributed by atoms with Gasteiger partial charge in [-0.3, -0.25) is 10.1 Å². The monoisotopic (exact) mass is 403 g/mol. The predicted molar refractivity (Wildman–Crippen MR) is 105 cm³/mol. The number of H-pyrrole nitrogens is 1. The molecule has 26 heavy (non-hydrogen) atoms. The smallest absolute Gasteiger partial charge is 0.236 e. The number of aromatic amines is 1. The van der Waals surface area contributed by atoms with Crippen molar-refractivity contribution in [3.05, 3.63) is 24.3 Å². The van der Waals surface area contributed by atoms with Crippen LogP contribution in [0, 0.1) is 0 Å². The SMILES string of the molecule is CCSc1nnc(NC(=O)CSc2nnc3c(n2)[nH]c2ccccc23)s1. The molecule has 0 aliphatic heterocycles. The van der Waals surface area contributed by atoms with Gasteiger partial charge >= 0.3 is 0 Å². The van der Waals surface area contributed by atoms with Gasteiger partial charge in [0.2, 0.25) is 16.2 Å². The Morgan fingerprint density at radius 3 is 2.96 bits per heavy atom. The number of nitrogens with one attached hydrogen (secondary N) is 2. The first-order chi connectivity index (χ1) is 12.7. The van der Waals surface area contributed by atoms with Crippen molar-refractivity contribution >= 4 is 68.0 Å². The van der Waals surface area contributed by atoms with Crippen molar-refractivity contribution in [1.29, 1.82) is 0 Å². The van der Waals surface area contributed by atoms with E-state index < -0.39 is 0 Å². The summed E-state index contributed by atoms with van der Waals surface area (Å²) in [6.45, 7) is 2.04. The summed E-state index contributed by atoms with van der Waals surface area (Å²) in [6.07, 6.45) is 0. The largest absolute Gasteiger partial charge is 0.338 e. The molecule has 132 valence electrons. The highest BCUT2D eigenvalue weighted by Crippen LogP contribution is 2.26. The number of hydrogen-bond donors (Lipinski definition) is 2. The molecule has 2 N–H and O–H groups in total. The molecule has 3 heterocycles. The van der Waals surface area contributed by atoms with E-state index in [1.807, 2.05) is 31.2 Å². The van der Waals surface area contributed by atoms with Gasteiger partial charge in [0.15, 0.2) is 9.99 Å². The summed E-state index contributed by atoms with van der Waals surface area (Å²) in [4.78, 5) is 19.7. The number of hydrogen-bond acceptors (Lipinski definition) is 9. The van der Waals surface area contributed by atoms with Crippen molar-refractivity contribution in [2.75, 3.05) is 16.8 Å². The van der Waals surface area contributed by atoms with Gasteiger partial charge in [-0.15, -0.1) is 20.4 Å². The van der Waals surface area contributed by atoms with Crippen molar-refractivity contribution in [2.24, 2.45) is 0 Å². The van der Waals surface area contributed by atoms with E-state index in [1.165, 1.54) is 23.1 Å².